The monoisotopic (exact) mass is 432 g/mol. The van der Waals surface area contributed by atoms with Gasteiger partial charge in [0.15, 0.2) is 16.7 Å². The fraction of sp³-hybridized carbons (Fsp3) is 0.263. The van der Waals surface area contributed by atoms with Crippen LogP contribution in [0.15, 0.2) is 34.9 Å². The number of carbonyl (C=O) groups is 1. The van der Waals surface area contributed by atoms with Crippen LogP contribution in [0.25, 0.3) is 10.6 Å². The number of thioether (sulfide) groups is 1. The molecule has 10 heteroatoms. The number of thiazole rings is 1. The van der Waals surface area contributed by atoms with Crippen molar-refractivity contribution in [2.45, 2.75) is 17.8 Å². The van der Waals surface area contributed by atoms with Gasteiger partial charge >= 0.3 is 5.97 Å². The number of aromatic nitrogens is 3. The van der Waals surface area contributed by atoms with Crippen molar-refractivity contribution in [3.05, 3.63) is 41.0 Å². The van der Waals surface area contributed by atoms with Crippen LogP contribution in [0, 0.1) is 0 Å². The molecule has 0 fully saturated rings. The van der Waals surface area contributed by atoms with E-state index in [2.05, 4.69) is 15.0 Å². The average Bonchev–Trinajstić information content (AvgIpc) is 3.21. The quantitative estimate of drug-likeness (QED) is 0.324. The Morgan fingerprint density at radius 1 is 1.21 bits per heavy atom. The van der Waals surface area contributed by atoms with Gasteiger partial charge in [0.05, 0.1) is 26.5 Å². The van der Waals surface area contributed by atoms with Crippen LogP contribution in [0.4, 0.5) is 5.82 Å². The van der Waals surface area contributed by atoms with E-state index in [0.717, 1.165) is 16.3 Å². The molecule has 0 atom stereocenters. The van der Waals surface area contributed by atoms with E-state index in [1.54, 1.807) is 21.1 Å². The van der Waals surface area contributed by atoms with Crippen molar-refractivity contribution in [1.29, 1.82) is 0 Å². The second kappa shape index (κ2) is 9.57. The number of ether oxygens (including phenoxy) is 3. The van der Waals surface area contributed by atoms with E-state index < -0.39 is 5.97 Å². The van der Waals surface area contributed by atoms with Gasteiger partial charge in [-0.25, -0.2) is 19.7 Å². The number of methoxy groups -OCH3 is 2. The molecule has 3 rings (SSSR count). The second-order valence-corrected chi connectivity index (χ2v) is 7.47. The summed E-state index contributed by atoms with van der Waals surface area (Å²) in [4.78, 5) is 24.8. The Morgan fingerprint density at radius 3 is 2.69 bits per heavy atom. The van der Waals surface area contributed by atoms with Crippen LogP contribution in [-0.2, 0) is 10.5 Å². The predicted octanol–water partition coefficient (Wildman–Crippen LogP) is 3.67. The van der Waals surface area contributed by atoms with Gasteiger partial charge in [0.1, 0.15) is 16.4 Å². The van der Waals surface area contributed by atoms with Gasteiger partial charge in [-0.1, -0.05) is 11.8 Å². The molecule has 0 aliphatic rings. The van der Waals surface area contributed by atoms with E-state index in [-0.39, 0.29) is 18.0 Å². The van der Waals surface area contributed by atoms with Gasteiger partial charge in [-0.05, 0) is 25.1 Å². The maximum absolute atomic E-state index is 11.8. The minimum Gasteiger partial charge on any atom is -0.493 e. The molecule has 3 aromatic rings. The maximum atomic E-state index is 11.8. The zero-order valence-corrected chi connectivity index (χ0v) is 17.8. The molecule has 0 spiro atoms. The largest absolute Gasteiger partial charge is 0.493 e. The minimum atomic E-state index is -0.527. The van der Waals surface area contributed by atoms with Crippen LogP contribution in [0.1, 0.15) is 23.0 Å². The summed E-state index contributed by atoms with van der Waals surface area (Å²) in [6.07, 6.45) is 1.39. The normalized spacial score (nSPS) is 10.6. The van der Waals surface area contributed by atoms with Gasteiger partial charge in [0.25, 0.3) is 0 Å². The Labute approximate surface area is 176 Å². The van der Waals surface area contributed by atoms with Crippen molar-refractivity contribution in [2.75, 3.05) is 26.6 Å². The summed E-state index contributed by atoms with van der Waals surface area (Å²) < 4.78 is 15.5. The fourth-order valence-corrected chi connectivity index (χ4v) is 4.06. The highest BCUT2D eigenvalue weighted by Crippen LogP contribution is 2.34. The zero-order chi connectivity index (χ0) is 20.8. The maximum Gasteiger partial charge on any atom is 0.343 e. The standard InChI is InChI=1S/C19H20N4O4S2/c1-4-27-18(24)13-8-21-19(23-16(13)20)29-10-12-9-28-17(22-12)11-5-6-14(25-2)15(7-11)26-3/h5-9H,4,10H2,1-3H3,(H2,20,21,23). The molecule has 0 saturated heterocycles. The first-order chi connectivity index (χ1) is 14.0. The van der Waals surface area contributed by atoms with Crippen LogP contribution < -0.4 is 15.2 Å². The van der Waals surface area contributed by atoms with Crippen LogP contribution in [0.3, 0.4) is 0 Å². The molecule has 2 aromatic heterocycles. The highest BCUT2D eigenvalue weighted by atomic mass is 32.2. The van der Waals surface area contributed by atoms with E-state index in [4.69, 9.17) is 19.9 Å². The van der Waals surface area contributed by atoms with Gasteiger partial charge in [-0.3, -0.25) is 0 Å². The molecular formula is C19H20N4O4S2. The van der Waals surface area contributed by atoms with E-state index in [1.165, 1.54) is 29.3 Å². The van der Waals surface area contributed by atoms with Gasteiger partial charge in [0, 0.05) is 22.9 Å². The first-order valence-electron chi connectivity index (χ1n) is 8.65. The lowest BCUT2D eigenvalue weighted by atomic mass is 10.2. The highest BCUT2D eigenvalue weighted by molar-refractivity contribution is 7.98. The summed E-state index contributed by atoms with van der Waals surface area (Å²) in [7, 11) is 3.20. The number of benzene rings is 1. The summed E-state index contributed by atoms with van der Waals surface area (Å²) in [5.41, 5.74) is 7.86. The number of esters is 1. The van der Waals surface area contributed by atoms with Crippen molar-refractivity contribution < 1.29 is 19.0 Å². The average molecular weight is 433 g/mol. The molecule has 0 aliphatic carbocycles. The molecule has 2 heterocycles. The number of carbonyl (C=O) groups excluding carboxylic acids is 1. The molecule has 1 aromatic carbocycles. The number of hydrogen-bond donors (Lipinski definition) is 1. The molecule has 0 aliphatic heterocycles. The molecule has 2 N–H and O–H groups in total. The fourth-order valence-electron chi connectivity index (χ4n) is 2.43. The SMILES string of the molecule is CCOC(=O)c1cnc(SCc2csc(-c3ccc(OC)c(OC)c3)n2)nc1N. The topological polar surface area (TPSA) is 109 Å². The molecule has 0 bridgehead atoms. The van der Waals surface area contributed by atoms with E-state index in [0.29, 0.717) is 22.4 Å². The molecule has 0 radical (unpaired) electrons. The highest BCUT2D eigenvalue weighted by Gasteiger charge is 2.14. The predicted molar refractivity (Wildman–Crippen MR) is 113 cm³/mol. The summed E-state index contributed by atoms with van der Waals surface area (Å²) >= 11 is 2.93. The van der Waals surface area contributed by atoms with Crippen molar-refractivity contribution in [3.63, 3.8) is 0 Å². The van der Waals surface area contributed by atoms with Crippen LogP contribution in [0.2, 0.25) is 0 Å². The smallest absolute Gasteiger partial charge is 0.343 e. The molecule has 152 valence electrons. The lowest BCUT2D eigenvalue weighted by molar-refractivity contribution is 0.0526. The first kappa shape index (κ1) is 20.9. The number of hydrogen-bond acceptors (Lipinski definition) is 10. The minimum absolute atomic E-state index is 0.102. The van der Waals surface area contributed by atoms with E-state index in [1.807, 2.05) is 23.6 Å². The van der Waals surface area contributed by atoms with Crippen molar-refractivity contribution in [2.24, 2.45) is 0 Å². The Kier molecular flexibility index (Phi) is 6.89. The van der Waals surface area contributed by atoms with Crippen LogP contribution in [-0.4, -0.2) is 41.7 Å². The number of nitrogens with zero attached hydrogens (tertiary/aromatic N) is 3. The third-order valence-corrected chi connectivity index (χ3v) is 5.66. The van der Waals surface area contributed by atoms with Gasteiger partial charge < -0.3 is 19.9 Å². The van der Waals surface area contributed by atoms with Crippen LogP contribution in [0.5, 0.6) is 11.5 Å². The molecule has 0 amide bonds. The van der Waals surface area contributed by atoms with Gasteiger partial charge in [0.2, 0.25) is 0 Å². The van der Waals surface area contributed by atoms with Crippen molar-refractivity contribution >= 4 is 34.9 Å². The second-order valence-electron chi connectivity index (χ2n) is 5.67. The molecule has 0 unspecified atom stereocenters. The lowest BCUT2D eigenvalue weighted by Crippen LogP contribution is -2.10. The molecule has 0 saturated carbocycles. The van der Waals surface area contributed by atoms with Gasteiger partial charge in [-0.2, -0.15) is 0 Å². The van der Waals surface area contributed by atoms with Crippen LogP contribution >= 0.6 is 23.1 Å². The zero-order valence-electron chi connectivity index (χ0n) is 16.2. The molecular weight excluding hydrogens is 412 g/mol. The third-order valence-electron chi connectivity index (χ3n) is 3.82. The number of nitrogen functional groups attached to an aromatic ring is 1. The van der Waals surface area contributed by atoms with Crippen molar-refractivity contribution in [1.82, 2.24) is 15.0 Å². The lowest BCUT2D eigenvalue weighted by Gasteiger charge is -2.08. The third kappa shape index (κ3) is 4.96. The van der Waals surface area contributed by atoms with E-state index >= 15 is 0 Å². The summed E-state index contributed by atoms with van der Waals surface area (Å²) in [6, 6.07) is 5.69. The first-order valence-corrected chi connectivity index (χ1v) is 10.5. The number of rotatable bonds is 8. The Bertz CT molecular complexity index is 1010. The Balaban J connectivity index is 1.68. The Hall–Kier alpha value is -2.85. The Morgan fingerprint density at radius 2 is 2.00 bits per heavy atom. The van der Waals surface area contributed by atoms with Gasteiger partial charge in [-0.15, -0.1) is 11.3 Å². The van der Waals surface area contributed by atoms with Crippen molar-refractivity contribution in [3.8, 4) is 22.1 Å². The molecule has 29 heavy (non-hydrogen) atoms. The summed E-state index contributed by atoms with van der Waals surface area (Å²) in [5.74, 6) is 1.47. The number of nitrogens with two attached hydrogens (primary N) is 1. The molecule has 8 nitrogen and oxygen atoms in total. The summed E-state index contributed by atoms with van der Waals surface area (Å²) in [6.45, 7) is 1.99. The summed E-state index contributed by atoms with van der Waals surface area (Å²) in [5, 5.41) is 3.32. The van der Waals surface area contributed by atoms with E-state index in [9.17, 15) is 4.79 Å². The number of anilines is 1.